The second-order valence-electron chi connectivity index (χ2n) is 5.22. The normalized spacial score (nSPS) is 11.6. The lowest BCUT2D eigenvalue weighted by Gasteiger charge is -2.11. The van der Waals surface area contributed by atoms with Crippen molar-refractivity contribution in [2.75, 3.05) is 4.72 Å². The van der Waals surface area contributed by atoms with Gasteiger partial charge in [-0.05, 0) is 31.2 Å². The van der Waals surface area contributed by atoms with Crippen LogP contribution in [0.2, 0.25) is 10.0 Å². The van der Waals surface area contributed by atoms with Crippen molar-refractivity contribution in [3.8, 4) is 5.75 Å². The average Bonchev–Trinajstić information content (AvgIpc) is 2.51. The molecule has 25 heavy (non-hydrogen) atoms. The van der Waals surface area contributed by atoms with E-state index in [1.807, 2.05) is 0 Å². The van der Waals surface area contributed by atoms with E-state index in [4.69, 9.17) is 23.2 Å². The molecule has 2 aromatic carbocycles. The number of H-pyrrole nitrogens is 1. The molecule has 3 N–H and O–H groups in total. The molecule has 7 nitrogen and oxygen atoms in total. The van der Waals surface area contributed by atoms with Crippen LogP contribution < -0.4 is 10.3 Å². The van der Waals surface area contributed by atoms with E-state index in [1.165, 1.54) is 18.2 Å². The van der Waals surface area contributed by atoms with Gasteiger partial charge < -0.3 is 10.1 Å². The average molecular weight is 400 g/mol. The summed E-state index contributed by atoms with van der Waals surface area (Å²) in [6, 6.07) is 6.45. The Morgan fingerprint density at radius 2 is 1.88 bits per heavy atom. The number of aromatic amines is 1. The molecule has 0 aliphatic heterocycles. The second kappa shape index (κ2) is 6.21. The van der Waals surface area contributed by atoms with Crippen molar-refractivity contribution in [1.82, 2.24) is 9.97 Å². The van der Waals surface area contributed by atoms with Crippen LogP contribution in [0.1, 0.15) is 5.82 Å². The third kappa shape index (κ3) is 3.41. The molecular formula is C15H11Cl2N3O4S. The molecule has 3 aromatic rings. The molecule has 0 atom stereocenters. The van der Waals surface area contributed by atoms with Gasteiger partial charge in [-0.2, -0.15) is 0 Å². The Morgan fingerprint density at radius 3 is 2.60 bits per heavy atom. The molecule has 0 aliphatic carbocycles. The van der Waals surface area contributed by atoms with E-state index >= 15 is 0 Å². The Balaban J connectivity index is 2.06. The minimum atomic E-state index is -4.08. The summed E-state index contributed by atoms with van der Waals surface area (Å²) < 4.78 is 27.4. The Hall–Kier alpha value is -2.29. The van der Waals surface area contributed by atoms with E-state index in [2.05, 4.69) is 14.7 Å². The molecule has 0 bridgehead atoms. The van der Waals surface area contributed by atoms with Gasteiger partial charge in [0.25, 0.3) is 15.6 Å². The van der Waals surface area contributed by atoms with Crippen molar-refractivity contribution >= 4 is 49.8 Å². The van der Waals surface area contributed by atoms with Crippen LogP contribution in [0.5, 0.6) is 5.75 Å². The minimum absolute atomic E-state index is 0.153. The molecule has 1 heterocycles. The molecular weight excluding hydrogens is 389 g/mol. The third-order valence-electron chi connectivity index (χ3n) is 3.37. The number of halogens is 2. The second-order valence-corrected chi connectivity index (χ2v) is 7.69. The number of nitrogens with zero attached hydrogens (tertiary/aromatic N) is 1. The Morgan fingerprint density at radius 1 is 1.16 bits per heavy atom. The maximum Gasteiger partial charge on any atom is 0.263 e. The molecule has 0 saturated heterocycles. The first-order valence-corrected chi connectivity index (χ1v) is 9.13. The molecule has 0 radical (unpaired) electrons. The molecule has 0 saturated carbocycles. The van der Waals surface area contributed by atoms with Crippen molar-refractivity contribution < 1.29 is 13.5 Å². The number of phenols is 1. The number of phenolic OH excluding ortho intramolecular Hbond substituents is 1. The van der Waals surface area contributed by atoms with Crippen molar-refractivity contribution in [2.45, 2.75) is 11.8 Å². The van der Waals surface area contributed by atoms with Crippen molar-refractivity contribution in [3.63, 3.8) is 0 Å². The predicted molar refractivity (Wildman–Crippen MR) is 96.0 cm³/mol. The van der Waals surface area contributed by atoms with Gasteiger partial charge in [-0.15, -0.1) is 0 Å². The quantitative estimate of drug-likeness (QED) is 0.626. The Kier molecular flexibility index (Phi) is 4.36. The van der Waals surface area contributed by atoms with Crippen LogP contribution in [0, 0.1) is 6.92 Å². The lowest BCUT2D eigenvalue weighted by Crippen LogP contribution is -2.15. The highest BCUT2D eigenvalue weighted by Gasteiger charge is 2.20. The molecule has 0 spiro atoms. The first kappa shape index (κ1) is 17.5. The van der Waals surface area contributed by atoms with Gasteiger partial charge in [0, 0.05) is 11.8 Å². The summed E-state index contributed by atoms with van der Waals surface area (Å²) in [5, 5.41) is 9.37. The lowest BCUT2D eigenvalue weighted by atomic mass is 10.2. The number of hydrogen-bond acceptors (Lipinski definition) is 5. The first-order chi connectivity index (χ1) is 11.7. The minimum Gasteiger partial charge on any atom is -0.506 e. The third-order valence-corrected chi connectivity index (χ3v) is 5.52. The van der Waals surface area contributed by atoms with E-state index in [1.54, 1.807) is 6.92 Å². The zero-order chi connectivity index (χ0) is 18.4. The molecule has 10 heteroatoms. The number of benzene rings is 2. The summed E-state index contributed by atoms with van der Waals surface area (Å²) in [4.78, 5) is 18.4. The topological polar surface area (TPSA) is 112 Å². The number of hydrogen-bond donors (Lipinski definition) is 3. The van der Waals surface area contributed by atoms with Crippen LogP contribution in [0.3, 0.4) is 0 Å². The van der Waals surface area contributed by atoms with E-state index in [-0.39, 0.29) is 37.3 Å². The van der Waals surface area contributed by atoms with Gasteiger partial charge in [0.1, 0.15) is 16.5 Å². The number of fused-ring (bicyclic) bond motifs is 1. The predicted octanol–water partition coefficient (Wildman–Crippen LogP) is 3.04. The number of sulfonamides is 1. The van der Waals surface area contributed by atoms with Crippen LogP contribution in [-0.4, -0.2) is 23.5 Å². The number of aromatic hydroxyl groups is 1. The van der Waals surface area contributed by atoms with E-state index in [9.17, 15) is 18.3 Å². The summed E-state index contributed by atoms with van der Waals surface area (Å²) in [6.07, 6.45) is 0. The van der Waals surface area contributed by atoms with Gasteiger partial charge in [0.2, 0.25) is 0 Å². The fourth-order valence-corrected chi connectivity index (χ4v) is 4.08. The summed E-state index contributed by atoms with van der Waals surface area (Å²) in [5.74, 6) is 0.126. The molecule has 0 fully saturated rings. The van der Waals surface area contributed by atoms with Gasteiger partial charge >= 0.3 is 0 Å². The lowest BCUT2D eigenvalue weighted by molar-refractivity contribution is 0.475. The van der Waals surface area contributed by atoms with Gasteiger partial charge in [-0.3, -0.25) is 9.52 Å². The van der Waals surface area contributed by atoms with E-state index < -0.39 is 10.0 Å². The van der Waals surface area contributed by atoms with Crippen molar-refractivity contribution in [2.24, 2.45) is 0 Å². The molecule has 3 rings (SSSR count). The zero-order valence-electron chi connectivity index (χ0n) is 12.7. The number of nitrogens with one attached hydrogen (secondary N) is 2. The van der Waals surface area contributed by atoms with Crippen LogP contribution in [-0.2, 0) is 10.0 Å². The number of aromatic nitrogens is 2. The SMILES string of the molecule is Cc1nc2ccc(NS(=O)(=O)c3cc(Cl)c(O)cc3Cl)cc2c(=O)[nH]1. The number of rotatable bonds is 3. The van der Waals surface area contributed by atoms with Crippen LogP contribution in [0.25, 0.3) is 10.9 Å². The fourth-order valence-electron chi connectivity index (χ4n) is 2.25. The highest BCUT2D eigenvalue weighted by atomic mass is 35.5. The summed E-state index contributed by atoms with van der Waals surface area (Å²) in [6.45, 7) is 1.65. The smallest absolute Gasteiger partial charge is 0.263 e. The molecule has 0 aliphatic rings. The van der Waals surface area contributed by atoms with Gasteiger partial charge in [-0.1, -0.05) is 23.2 Å². The van der Waals surface area contributed by atoms with Gasteiger partial charge in [-0.25, -0.2) is 13.4 Å². The zero-order valence-corrected chi connectivity index (χ0v) is 15.0. The standard InChI is InChI=1S/C15H11Cl2N3O4S/c1-7-18-12-3-2-8(4-9(12)15(22)19-7)20-25(23,24)14-6-10(16)13(21)5-11(14)17/h2-6,20-21H,1H3,(H,18,19,22). The van der Waals surface area contributed by atoms with Crippen LogP contribution in [0.15, 0.2) is 40.0 Å². The highest BCUT2D eigenvalue weighted by Crippen LogP contribution is 2.33. The monoisotopic (exact) mass is 399 g/mol. The highest BCUT2D eigenvalue weighted by molar-refractivity contribution is 7.92. The molecule has 1 aromatic heterocycles. The Labute approximate surface area is 152 Å². The number of aryl methyl sites for hydroxylation is 1. The van der Waals surface area contributed by atoms with Crippen LogP contribution >= 0.6 is 23.2 Å². The first-order valence-electron chi connectivity index (χ1n) is 6.89. The van der Waals surface area contributed by atoms with E-state index in [0.717, 1.165) is 12.1 Å². The fraction of sp³-hybridized carbons (Fsp3) is 0.0667. The van der Waals surface area contributed by atoms with Crippen LogP contribution in [0.4, 0.5) is 5.69 Å². The summed E-state index contributed by atoms with van der Waals surface area (Å²) >= 11 is 11.6. The van der Waals surface area contributed by atoms with Crippen molar-refractivity contribution in [1.29, 1.82) is 0 Å². The summed E-state index contributed by atoms with van der Waals surface area (Å²) in [7, 11) is -4.08. The maximum absolute atomic E-state index is 12.5. The maximum atomic E-state index is 12.5. The molecule has 130 valence electrons. The summed E-state index contributed by atoms with van der Waals surface area (Å²) in [5.41, 5.74) is 0.216. The largest absolute Gasteiger partial charge is 0.506 e. The molecule has 0 unspecified atom stereocenters. The van der Waals surface area contributed by atoms with Crippen molar-refractivity contribution in [3.05, 3.63) is 56.6 Å². The Bertz CT molecular complexity index is 1160. The number of anilines is 1. The molecule has 0 amide bonds. The van der Waals surface area contributed by atoms with Gasteiger partial charge in [0.15, 0.2) is 0 Å². The van der Waals surface area contributed by atoms with Gasteiger partial charge in [0.05, 0.1) is 20.9 Å². The van der Waals surface area contributed by atoms with E-state index in [0.29, 0.717) is 11.3 Å².